The van der Waals surface area contributed by atoms with Gasteiger partial charge in [-0.1, -0.05) is 23.7 Å². The molecule has 2 aromatic heterocycles. The number of ether oxygens (including phenoxy) is 1. The zero-order valence-corrected chi connectivity index (χ0v) is 19.8. The number of hydrogen-bond acceptors (Lipinski definition) is 6. The second kappa shape index (κ2) is 11.5. The maximum Gasteiger partial charge on any atom is 0.574 e. The fraction of sp³-hybridized carbons (Fsp3) is 0.261. The zero-order valence-electron chi connectivity index (χ0n) is 19.0. The molecule has 0 fully saturated rings. The van der Waals surface area contributed by atoms with Crippen LogP contribution in [-0.4, -0.2) is 45.3 Å². The van der Waals surface area contributed by atoms with E-state index in [4.69, 9.17) is 11.6 Å². The van der Waals surface area contributed by atoms with Crippen molar-refractivity contribution in [3.05, 3.63) is 78.3 Å². The third-order valence-electron chi connectivity index (χ3n) is 5.21. The summed E-state index contributed by atoms with van der Waals surface area (Å²) in [5, 5.41) is 2.61. The Morgan fingerprint density at radius 2 is 1.84 bits per heavy atom. The summed E-state index contributed by atoms with van der Waals surface area (Å²) >= 11 is 5.44. The summed E-state index contributed by atoms with van der Waals surface area (Å²) < 4.78 is 68.9. The van der Waals surface area contributed by atoms with Crippen LogP contribution in [0.1, 0.15) is 18.1 Å². The number of halogens is 6. The smallest absolute Gasteiger partial charge is 0.388 e. The van der Waals surface area contributed by atoms with Crippen LogP contribution >= 0.6 is 11.6 Å². The molecule has 2 amide bonds. The van der Waals surface area contributed by atoms with E-state index in [0.717, 1.165) is 24.7 Å². The molecule has 0 aliphatic carbocycles. The van der Waals surface area contributed by atoms with Crippen molar-refractivity contribution in [2.45, 2.75) is 30.9 Å². The van der Waals surface area contributed by atoms with Gasteiger partial charge in [-0.25, -0.2) is 23.7 Å². The molecule has 37 heavy (non-hydrogen) atoms. The number of amides is 2. The average Bonchev–Trinajstić information content (AvgIpc) is 2.84. The fourth-order valence-electron chi connectivity index (χ4n) is 3.48. The summed E-state index contributed by atoms with van der Waals surface area (Å²) in [5.41, 5.74) is -4.34. The molecule has 0 spiro atoms. The van der Waals surface area contributed by atoms with E-state index in [-0.39, 0.29) is 24.2 Å². The Hall–Kier alpha value is -3.87. The molecule has 0 bridgehead atoms. The number of nitrogens with one attached hydrogen (secondary N) is 1. The van der Waals surface area contributed by atoms with E-state index in [2.05, 4.69) is 25.0 Å². The number of carbonyl (C=O) groups excluding carboxylic acids is 2. The Labute approximate surface area is 212 Å². The zero-order chi connectivity index (χ0) is 27.2. The molecule has 0 aliphatic rings. The Morgan fingerprint density at radius 1 is 1.14 bits per heavy atom. The minimum atomic E-state index is -5.03. The highest BCUT2D eigenvalue weighted by Crippen LogP contribution is 2.35. The van der Waals surface area contributed by atoms with E-state index >= 15 is 0 Å². The summed E-state index contributed by atoms with van der Waals surface area (Å²) in [5.74, 6) is -3.55. The molecule has 2 heterocycles. The van der Waals surface area contributed by atoms with Crippen LogP contribution in [0.3, 0.4) is 0 Å². The van der Waals surface area contributed by atoms with E-state index in [9.17, 15) is 31.5 Å². The monoisotopic (exact) mass is 543 g/mol. The number of aromatic nitrogens is 3. The number of hydrogen-bond donors (Lipinski definition) is 1. The van der Waals surface area contributed by atoms with E-state index in [1.165, 1.54) is 37.5 Å². The highest BCUT2D eigenvalue weighted by Gasteiger charge is 2.47. The first-order valence-electron chi connectivity index (χ1n) is 10.5. The van der Waals surface area contributed by atoms with Crippen LogP contribution in [-0.2, 0) is 21.5 Å². The fourth-order valence-corrected chi connectivity index (χ4v) is 3.58. The number of benzene rings is 1. The highest BCUT2D eigenvalue weighted by atomic mass is 35.5. The molecule has 8 nitrogen and oxygen atoms in total. The highest BCUT2D eigenvalue weighted by molar-refractivity contribution is 6.32. The molecule has 3 rings (SSSR count). The largest absolute Gasteiger partial charge is 0.574 e. The van der Waals surface area contributed by atoms with Crippen LogP contribution in [0.5, 0.6) is 5.88 Å². The first-order valence-corrected chi connectivity index (χ1v) is 11.0. The topological polar surface area (TPSA) is 97.3 Å². The van der Waals surface area contributed by atoms with Crippen LogP contribution < -0.4 is 15.0 Å². The van der Waals surface area contributed by atoms with Gasteiger partial charge in [0.05, 0.1) is 11.9 Å². The molecular weight excluding hydrogens is 525 g/mol. The number of nitrogens with zero attached hydrogens (tertiary/aromatic N) is 4. The van der Waals surface area contributed by atoms with E-state index in [0.29, 0.717) is 10.5 Å². The Bertz CT molecular complexity index is 1230. The van der Waals surface area contributed by atoms with Gasteiger partial charge in [0, 0.05) is 30.6 Å². The molecule has 0 aliphatic heterocycles. The molecule has 1 N–H and O–H groups in total. The molecule has 0 unspecified atom stereocenters. The average molecular weight is 544 g/mol. The molecule has 2 atom stereocenters. The molecule has 0 radical (unpaired) electrons. The van der Waals surface area contributed by atoms with Crippen molar-refractivity contribution in [1.82, 2.24) is 20.3 Å². The molecule has 14 heteroatoms. The van der Waals surface area contributed by atoms with Gasteiger partial charge in [-0.15, -0.1) is 13.2 Å². The summed E-state index contributed by atoms with van der Waals surface area (Å²) in [4.78, 5) is 38.3. The molecule has 0 saturated heterocycles. The van der Waals surface area contributed by atoms with Crippen LogP contribution in [0.25, 0.3) is 0 Å². The van der Waals surface area contributed by atoms with Crippen molar-refractivity contribution in [1.29, 1.82) is 0 Å². The van der Waals surface area contributed by atoms with Crippen LogP contribution in [0, 0.1) is 5.82 Å². The minimum absolute atomic E-state index is 0.00978. The van der Waals surface area contributed by atoms with Crippen molar-refractivity contribution >= 4 is 29.1 Å². The predicted molar refractivity (Wildman–Crippen MR) is 122 cm³/mol. The van der Waals surface area contributed by atoms with Gasteiger partial charge in [-0.05, 0) is 37.1 Å². The number of anilines is 1. The third kappa shape index (κ3) is 6.88. The van der Waals surface area contributed by atoms with Gasteiger partial charge in [0.25, 0.3) is 17.4 Å². The Kier molecular flexibility index (Phi) is 8.58. The van der Waals surface area contributed by atoms with Gasteiger partial charge in [0.1, 0.15) is 12.1 Å². The summed E-state index contributed by atoms with van der Waals surface area (Å²) in [7, 11) is 0. The number of pyridine rings is 1. The number of alkyl halides is 5. The van der Waals surface area contributed by atoms with Gasteiger partial charge in [-0.3, -0.25) is 14.5 Å². The summed E-state index contributed by atoms with van der Waals surface area (Å²) in [6, 6.07) is 7.45. The Balaban J connectivity index is 2.00. The SMILES string of the molecule is C[C@@](C(=O)NCCc1cccc(F)c1)(c1cncnc1)N(C(=O)[C@H](F)Cl)c1ccc(OC(F)(F)F)nc1. The van der Waals surface area contributed by atoms with Gasteiger partial charge in [0.2, 0.25) is 5.88 Å². The first kappa shape index (κ1) is 27.7. The number of carbonyl (C=O) groups is 2. The van der Waals surface area contributed by atoms with Crippen LogP contribution in [0.4, 0.5) is 27.6 Å². The van der Waals surface area contributed by atoms with Gasteiger partial charge in [-0.2, -0.15) is 0 Å². The molecule has 196 valence electrons. The third-order valence-corrected chi connectivity index (χ3v) is 5.39. The van der Waals surface area contributed by atoms with E-state index < -0.39 is 41.0 Å². The van der Waals surface area contributed by atoms with Gasteiger partial charge in [0.15, 0.2) is 5.54 Å². The lowest BCUT2D eigenvalue weighted by Crippen LogP contribution is -2.58. The van der Waals surface area contributed by atoms with Crippen molar-refractivity contribution in [3.63, 3.8) is 0 Å². The maximum absolute atomic E-state index is 14.1. The van der Waals surface area contributed by atoms with Crippen molar-refractivity contribution in [2.75, 3.05) is 11.4 Å². The van der Waals surface area contributed by atoms with E-state index in [1.807, 2.05) is 0 Å². The lowest BCUT2D eigenvalue weighted by molar-refractivity contribution is -0.276. The standard InChI is InChI=1S/C23H19ClF5N5O3/c1-22(15-10-30-13-31-11-15,21(36)32-8-7-14-3-2-4-16(25)9-14)34(20(35)19(24)26)17-5-6-18(33-12-17)37-23(27,28)29/h2-6,9-13,19H,7-8H2,1H3,(H,32,36)/t19-,22-/m0/s1. The lowest BCUT2D eigenvalue weighted by atomic mass is 9.90. The summed E-state index contributed by atoms with van der Waals surface area (Å²) in [6.07, 6.45) is -0.458. The van der Waals surface area contributed by atoms with Crippen molar-refractivity contribution < 1.29 is 36.3 Å². The second-order valence-electron chi connectivity index (χ2n) is 7.71. The quantitative estimate of drug-likeness (QED) is 0.323. The lowest BCUT2D eigenvalue weighted by Gasteiger charge is -2.39. The van der Waals surface area contributed by atoms with Crippen LogP contribution in [0.2, 0.25) is 0 Å². The summed E-state index contributed by atoms with van der Waals surface area (Å²) in [6.45, 7) is 1.24. The molecule has 3 aromatic rings. The van der Waals surface area contributed by atoms with Crippen molar-refractivity contribution in [3.8, 4) is 5.88 Å². The Morgan fingerprint density at radius 3 is 2.41 bits per heavy atom. The van der Waals surface area contributed by atoms with Gasteiger partial charge >= 0.3 is 6.36 Å². The normalized spacial score (nSPS) is 13.8. The molecule has 0 saturated carbocycles. The maximum atomic E-state index is 14.1. The predicted octanol–water partition coefficient (Wildman–Crippen LogP) is 4.05. The molecule has 1 aromatic carbocycles. The molecular formula is C23H19ClF5N5O3. The van der Waals surface area contributed by atoms with Crippen LogP contribution in [0.15, 0.2) is 61.3 Å². The van der Waals surface area contributed by atoms with Crippen molar-refractivity contribution in [2.24, 2.45) is 0 Å². The van der Waals surface area contributed by atoms with E-state index in [1.54, 1.807) is 6.07 Å². The minimum Gasteiger partial charge on any atom is -0.388 e. The number of rotatable bonds is 9. The second-order valence-corrected chi connectivity index (χ2v) is 8.10. The van der Waals surface area contributed by atoms with Gasteiger partial charge < -0.3 is 10.1 Å². The first-order chi connectivity index (χ1) is 17.4.